The number of hydrogen-bond acceptors (Lipinski definition) is 7. The zero-order valence-electron chi connectivity index (χ0n) is 19.8. The fourth-order valence-corrected chi connectivity index (χ4v) is 7.86. The first kappa shape index (κ1) is 21.7. The number of nitrogens with zero attached hydrogens (tertiary/aromatic N) is 4. The highest BCUT2D eigenvalue weighted by Crippen LogP contribution is 2.65. The van der Waals surface area contributed by atoms with Crippen molar-refractivity contribution >= 4 is 11.7 Å². The number of rotatable bonds is 4. The Balaban J connectivity index is 1.12. The molecule has 3 aliphatic carbocycles. The molecule has 3 heterocycles. The van der Waals surface area contributed by atoms with Gasteiger partial charge in [-0.1, -0.05) is 13.8 Å². The molecule has 3 N–H and O–H groups in total. The highest BCUT2D eigenvalue weighted by molar-refractivity contribution is 5.90. The van der Waals surface area contributed by atoms with E-state index in [0.29, 0.717) is 41.9 Å². The van der Waals surface area contributed by atoms with Crippen molar-refractivity contribution in [1.82, 2.24) is 31.1 Å². The number of amides is 1. The van der Waals surface area contributed by atoms with Crippen LogP contribution in [0.4, 0.5) is 5.82 Å². The average Bonchev–Trinajstić information content (AvgIpc) is 3.48. The number of H-pyrrole nitrogens is 1. The predicted octanol–water partition coefficient (Wildman–Crippen LogP) is 3.87. The van der Waals surface area contributed by atoms with Crippen molar-refractivity contribution < 1.29 is 9.63 Å². The summed E-state index contributed by atoms with van der Waals surface area (Å²) in [5.74, 6) is 3.65. The molecular formula is C25H33N7O2. The van der Waals surface area contributed by atoms with E-state index in [0.717, 1.165) is 24.3 Å². The second kappa shape index (κ2) is 8.15. The van der Waals surface area contributed by atoms with Crippen LogP contribution >= 0.6 is 0 Å². The van der Waals surface area contributed by atoms with E-state index in [4.69, 9.17) is 4.84 Å². The largest absolute Gasteiger partial charge is 0.417 e. The molecule has 180 valence electrons. The molecule has 1 aliphatic heterocycles. The Morgan fingerprint density at radius 2 is 2.09 bits per heavy atom. The number of hydrogen-bond donors (Lipinski definition) is 3. The summed E-state index contributed by atoms with van der Waals surface area (Å²) in [6.45, 7) is 4.88. The van der Waals surface area contributed by atoms with Gasteiger partial charge in [0.15, 0.2) is 0 Å². The molecule has 0 unspecified atom stereocenters. The minimum atomic E-state index is 0.0565. The second-order valence-electron chi connectivity index (χ2n) is 11.1. The summed E-state index contributed by atoms with van der Waals surface area (Å²) in [6.07, 6.45) is 13.6. The Morgan fingerprint density at radius 1 is 1.18 bits per heavy atom. The number of aromatic nitrogens is 5. The van der Waals surface area contributed by atoms with Crippen LogP contribution in [0, 0.1) is 34.5 Å². The first-order valence-electron chi connectivity index (χ1n) is 12.6. The third-order valence-electron chi connectivity index (χ3n) is 9.74. The van der Waals surface area contributed by atoms with Crippen molar-refractivity contribution in [3.8, 4) is 11.4 Å². The van der Waals surface area contributed by atoms with Crippen molar-refractivity contribution in [3.63, 3.8) is 0 Å². The Bertz CT molecular complexity index is 1070. The number of carbonyl (C=O) groups is 1. The van der Waals surface area contributed by atoms with Crippen LogP contribution in [0.1, 0.15) is 58.8 Å². The summed E-state index contributed by atoms with van der Waals surface area (Å²) in [5.41, 5.74) is 4.43. The fraction of sp³-hybridized carbons (Fsp3) is 0.640. The molecule has 7 atom stereocenters. The van der Waals surface area contributed by atoms with Crippen LogP contribution in [0.2, 0.25) is 0 Å². The van der Waals surface area contributed by atoms with Gasteiger partial charge >= 0.3 is 0 Å². The van der Waals surface area contributed by atoms with Gasteiger partial charge in [0.2, 0.25) is 11.7 Å². The molecule has 4 aliphatic rings. The van der Waals surface area contributed by atoms with Crippen LogP contribution in [-0.2, 0) is 9.63 Å². The van der Waals surface area contributed by atoms with Gasteiger partial charge in [0.1, 0.15) is 12.1 Å². The third kappa shape index (κ3) is 3.43. The van der Waals surface area contributed by atoms with E-state index in [9.17, 15) is 4.79 Å². The van der Waals surface area contributed by atoms with Gasteiger partial charge in [-0.05, 0) is 91.0 Å². The summed E-state index contributed by atoms with van der Waals surface area (Å²) in [7, 11) is 0. The summed E-state index contributed by atoms with van der Waals surface area (Å²) in [5, 5.41) is 16.9. The number of nitrogens with one attached hydrogen (secondary N) is 3. The van der Waals surface area contributed by atoms with Crippen molar-refractivity contribution in [1.29, 1.82) is 0 Å². The van der Waals surface area contributed by atoms with Crippen LogP contribution in [0.15, 0.2) is 30.7 Å². The quantitative estimate of drug-likeness (QED) is 0.630. The lowest BCUT2D eigenvalue weighted by atomic mass is 9.48. The number of aromatic amines is 1. The molecule has 0 spiro atoms. The van der Waals surface area contributed by atoms with E-state index in [2.05, 4.69) is 56.3 Å². The minimum Gasteiger partial charge on any atom is -0.417 e. The smallest absolute Gasteiger partial charge is 0.225 e. The lowest BCUT2D eigenvalue weighted by Gasteiger charge is -2.58. The van der Waals surface area contributed by atoms with Crippen LogP contribution in [0.5, 0.6) is 0 Å². The second-order valence-corrected chi connectivity index (χ2v) is 11.1. The van der Waals surface area contributed by atoms with Gasteiger partial charge in [-0.3, -0.25) is 4.79 Å². The highest BCUT2D eigenvalue weighted by Gasteiger charge is 2.59. The summed E-state index contributed by atoms with van der Waals surface area (Å²) in [6, 6.07) is 4.05. The zero-order chi connectivity index (χ0) is 23.3. The molecule has 6 rings (SSSR count). The SMILES string of the molecule is C[C@]12C=CON[C@@H]1CC[C@@H]1[C@@H]2CC[C@]2(C)[C@@H](CC(=O)Nc3ccc(-c4nn[nH]n4)cn3)CC[C@@H]12. The maximum atomic E-state index is 13.0. The molecule has 9 heteroatoms. The topological polar surface area (TPSA) is 118 Å². The fourth-order valence-electron chi connectivity index (χ4n) is 7.86. The highest BCUT2D eigenvalue weighted by atomic mass is 16.6. The summed E-state index contributed by atoms with van der Waals surface area (Å²) < 4.78 is 0. The number of anilines is 1. The van der Waals surface area contributed by atoms with Crippen molar-refractivity contribution in [2.45, 2.75) is 64.8 Å². The van der Waals surface area contributed by atoms with Gasteiger partial charge in [-0.25, -0.2) is 4.98 Å². The standard InChI is InChI=1S/C25H33N7O2/c1-24-10-9-19-17(5-7-20-25(19,2)11-12-34-30-20)18(24)6-4-16(24)13-22(33)27-21-8-3-15(14-26-21)23-28-31-32-29-23/h3,8,11-12,14,16-20,30H,4-7,9-10,13H2,1-2H3,(H,26,27,33)(H,28,29,31,32)/t16-,17+,18+,19+,20-,24-,25-/m1/s1. The number of carbonyl (C=O) groups excluding carboxylic acids is 1. The van der Waals surface area contributed by atoms with E-state index in [1.54, 1.807) is 12.3 Å². The molecule has 2 aromatic rings. The van der Waals surface area contributed by atoms with Crippen LogP contribution in [-0.4, -0.2) is 37.6 Å². The van der Waals surface area contributed by atoms with E-state index < -0.39 is 0 Å². The Morgan fingerprint density at radius 3 is 2.88 bits per heavy atom. The van der Waals surface area contributed by atoms with Gasteiger partial charge in [0, 0.05) is 23.6 Å². The van der Waals surface area contributed by atoms with E-state index in [1.165, 1.54) is 25.7 Å². The van der Waals surface area contributed by atoms with E-state index in [-0.39, 0.29) is 16.7 Å². The van der Waals surface area contributed by atoms with Crippen molar-refractivity contribution in [3.05, 3.63) is 30.7 Å². The van der Waals surface area contributed by atoms with Crippen molar-refractivity contribution in [2.75, 3.05) is 5.32 Å². The monoisotopic (exact) mass is 463 g/mol. The predicted molar refractivity (Wildman–Crippen MR) is 126 cm³/mol. The summed E-state index contributed by atoms with van der Waals surface area (Å²) in [4.78, 5) is 22.8. The van der Waals surface area contributed by atoms with Crippen LogP contribution < -0.4 is 10.8 Å². The van der Waals surface area contributed by atoms with E-state index in [1.807, 2.05) is 12.3 Å². The van der Waals surface area contributed by atoms with Gasteiger partial charge in [0.25, 0.3) is 0 Å². The lowest BCUT2D eigenvalue weighted by molar-refractivity contribution is -0.120. The molecule has 9 nitrogen and oxygen atoms in total. The van der Waals surface area contributed by atoms with Gasteiger partial charge < -0.3 is 10.2 Å². The average molecular weight is 464 g/mol. The number of pyridine rings is 1. The lowest BCUT2D eigenvalue weighted by Crippen LogP contribution is -2.57. The van der Waals surface area contributed by atoms with Gasteiger partial charge in [0.05, 0.1) is 6.04 Å². The van der Waals surface area contributed by atoms with Gasteiger partial charge in [-0.2, -0.15) is 10.7 Å². The molecule has 34 heavy (non-hydrogen) atoms. The molecule has 2 aromatic heterocycles. The van der Waals surface area contributed by atoms with Gasteiger partial charge in [-0.15, -0.1) is 10.2 Å². The first-order valence-corrected chi connectivity index (χ1v) is 12.6. The molecule has 3 fully saturated rings. The molecule has 3 saturated carbocycles. The van der Waals surface area contributed by atoms with Crippen LogP contribution in [0.25, 0.3) is 11.4 Å². The maximum Gasteiger partial charge on any atom is 0.225 e. The minimum absolute atomic E-state index is 0.0565. The number of hydroxylamine groups is 1. The number of fused-ring (bicyclic) bond motifs is 5. The molecular weight excluding hydrogens is 430 g/mol. The maximum absolute atomic E-state index is 13.0. The van der Waals surface area contributed by atoms with E-state index >= 15 is 0 Å². The number of tetrazole rings is 1. The molecule has 0 radical (unpaired) electrons. The first-order chi connectivity index (χ1) is 16.5. The Kier molecular flexibility index (Phi) is 5.20. The zero-order valence-corrected chi connectivity index (χ0v) is 19.8. The van der Waals surface area contributed by atoms with Crippen LogP contribution in [0.3, 0.4) is 0 Å². The molecule has 0 saturated heterocycles. The third-order valence-corrected chi connectivity index (χ3v) is 9.74. The summed E-state index contributed by atoms with van der Waals surface area (Å²) >= 11 is 0. The van der Waals surface area contributed by atoms with Crippen molar-refractivity contribution in [2.24, 2.45) is 34.5 Å². The normalized spacial score (nSPS) is 38.4. The molecule has 0 bridgehead atoms. The molecule has 1 amide bonds. The molecule has 0 aromatic carbocycles. The Labute approximate surface area is 199 Å². The Hall–Kier alpha value is -2.81.